The molecule has 0 radical (unpaired) electrons. The second-order valence-corrected chi connectivity index (χ2v) is 9.61. The molecule has 1 heterocycles. The Morgan fingerprint density at radius 3 is 2.45 bits per heavy atom. The normalized spacial score (nSPS) is 20.0. The molecule has 3 rings (SSSR count). The average molecular weight is 419 g/mol. The maximum Gasteiger partial charge on any atom is 0.313 e. The van der Waals surface area contributed by atoms with E-state index in [2.05, 4.69) is 5.32 Å². The van der Waals surface area contributed by atoms with Crippen LogP contribution in [-0.4, -0.2) is 51.1 Å². The predicted octanol–water partition coefficient (Wildman–Crippen LogP) is 2.19. The molecule has 1 aliphatic rings. The molecule has 2 aromatic rings. The van der Waals surface area contributed by atoms with Gasteiger partial charge in [0.05, 0.1) is 24.5 Å². The van der Waals surface area contributed by atoms with Gasteiger partial charge in [0.15, 0.2) is 15.9 Å². The van der Waals surface area contributed by atoms with E-state index in [0.29, 0.717) is 6.42 Å². The lowest BCUT2D eigenvalue weighted by Gasteiger charge is -2.19. The van der Waals surface area contributed by atoms with Gasteiger partial charge in [-0.3, -0.25) is 9.59 Å². The first-order chi connectivity index (χ1) is 13.7. The highest BCUT2D eigenvalue weighted by molar-refractivity contribution is 7.91. The summed E-state index contributed by atoms with van der Waals surface area (Å²) in [5.74, 6) is -0.802. The minimum Gasteiger partial charge on any atom is -0.497 e. The number of esters is 1. The zero-order valence-corrected chi connectivity index (χ0v) is 17.5. The number of sulfone groups is 1. The van der Waals surface area contributed by atoms with Crippen LogP contribution in [0.2, 0.25) is 0 Å². The summed E-state index contributed by atoms with van der Waals surface area (Å²) in [4.78, 5) is 24.8. The molecule has 1 saturated heterocycles. The standard InChI is InChI=1S/C21H25NO6S/c1-13(15-4-5-17-11-19(27-3)7-6-16(17)10-15)21(24)28-14(2)20(23)22-18-8-9-29(25,26)12-18/h4-7,10-11,13-14,18H,8-9,12H2,1-3H3,(H,22,23)/t13-,14-,18+/m0/s1. The molecule has 0 aromatic heterocycles. The van der Waals surface area contributed by atoms with Crippen molar-refractivity contribution in [2.45, 2.75) is 38.3 Å². The molecule has 0 aliphatic carbocycles. The van der Waals surface area contributed by atoms with Gasteiger partial charge in [-0.05, 0) is 48.7 Å². The number of ether oxygens (including phenoxy) is 2. The number of methoxy groups -OCH3 is 1. The van der Waals surface area contributed by atoms with E-state index in [9.17, 15) is 18.0 Å². The minimum absolute atomic E-state index is 0.0665. The fourth-order valence-electron chi connectivity index (χ4n) is 3.33. The van der Waals surface area contributed by atoms with E-state index in [4.69, 9.17) is 9.47 Å². The zero-order chi connectivity index (χ0) is 21.2. The second kappa shape index (κ2) is 8.41. The molecule has 8 heteroatoms. The largest absolute Gasteiger partial charge is 0.497 e. The highest BCUT2D eigenvalue weighted by atomic mass is 32.2. The first kappa shape index (κ1) is 21.1. The van der Waals surface area contributed by atoms with E-state index >= 15 is 0 Å². The summed E-state index contributed by atoms with van der Waals surface area (Å²) in [6.07, 6.45) is -0.620. The highest BCUT2D eigenvalue weighted by Crippen LogP contribution is 2.26. The number of hydrogen-bond acceptors (Lipinski definition) is 6. The van der Waals surface area contributed by atoms with Crippen LogP contribution >= 0.6 is 0 Å². The van der Waals surface area contributed by atoms with Crippen LogP contribution in [0, 0.1) is 0 Å². The molecule has 0 saturated carbocycles. The van der Waals surface area contributed by atoms with Crippen LogP contribution in [0.5, 0.6) is 5.75 Å². The average Bonchev–Trinajstić information content (AvgIpc) is 3.04. The van der Waals surface area contributed by atoms with Crippen molar-refractivity contribution in [3.8, 4) is 5.75 Å². The van der Waals surface area contributed by atoms with Crippen LogP contribution in [0.1, 0.15) is 31.7 Å². The molecular formula is C21H25NO6S. The van der Waals surface area contributed by atoms with Gasteiger partial charge in [0.25, 0.3) is 5.91 Å². The van der Waals surface area contributed by atoms with E-state index < -0.39 is 39.8 Å². The molecule has 156 valence electrons. The number of hydrogen-bond donors (Lipinski definition) is 1. The first-order valence-electron chi connectivity index (χ1n) is 9.47. The summed E-state index contributed by atoms with van der Waals surface area (Å²) < 4.78 is 33.5. The summed E-state index contributed by atoms with van der Waals surface area (Å²) in [6.45, 7) is 3.21. The highest BCUT2D eigenvalue weighted by Gasteiger charge is 2.31. The van der Waals surface area contributed by atoms with Crippen LogP contribution in [0.4, 0.5) is 0 Å². The lowest BCUT2D eigenvalue weighted by molar-refractivity contribution is -0.156. The topological polar surface area (TPSA) is 98.8 Å². The number of nitrogens with one attached hydrogen (secondary N) is 1. The van der Waals surface area contributed by atoms with Crippen LogP contribution in [-0.2, 0) is 24.2 Å². The van der Waals surface area contributed by atoms with Gasteiger partial charge in [-0.25, -0.2) is 8.42 Å². The molecule has 0 bridgehead atoms. The molecule has 7 nitrogen and oxygen atoms in total. The summed E-state index contributed by atoms with van der Waals surface area (Å²) in [6, 6.07) is 10.9. The number of amides is 1. The van der Waals surface area contributed by atoms with Gasteiger partial charge in [-0.1, -0.05) is 24.3 Å². The lowest BCUT2D eigenvalue weighted by Crippen LogP contribution is -2.42. The molecule has 1 fully saturated rings. The molecular weight excluding hydrogens is 394 g/mol. The SMILES string of the molecule is COc1ccc2cc([C@H](C)C(=O)O[C@@H](C)C(=O)N[C@@H]3CCS(=O)(=O)C3)ccc2c1. The van der Waals surface area contributed by atoms with Crippen molar-refractivity contribution in [2.24, 2.45) is 0 Å². The maximum absolute atomic E-state index is 12.5. The van der Waals surface area contributed by atoms with E-state index in [0.717, 1.165) is 22.1 Å². The van der Waals surface area contributed by atoms with Crippen molar-refractivity contribution >= 4 is 32.5 Å². The molecule has 0 unspecified atom stereocenters. The van der Waals surface area contributed by atoms with Crippen molar-refractivity contribution in [1.29, 1.82) is 0 Å². The molecule has 1 N–H and O–H groups in total. The fraction of sp³-hybridized carbons (Fsp3) is 0.429. The molecule has 0 spiro atoms. The Labute approximate surface area is 170 Å². The van der Waals surface area contributed by atoms with Gasteiger partial charge in [0, 0.05) is 6.04 Å². The number of carbonyl (C=O) groups excluding carboxylic acids is 2. The number of rotatable bonds is 6. The molecule has 29 heavy (non-hydrogen) atoms. The van der Waals surface area contributed by atoms with E-state index in [-0.39, 0.29) is 11.5 Å². The summed E-state index contributed by atoms with van der Waals surface area (Å²) in [5, 5.41) is 4.61. The molecule has 3 atom stereocenters. The quantitative estimate of drug-likeness (QED) is 0.721. The fourth-order valence-corrected chi connectivity index (χ4v) is 5.01. The van der Waals surface area contributed by atoms with Gasteiger partial charge in [-0.15, -0.1) is 0 Å². The summed E-state index contributed by atoms with van der Waals surface area (Å²) in [5.41, 5.74) is 0.780. The minimum atomic E-state index is -3.09. The van der Waals surface area contributed by atoms with Crippen LogP contribution in [0.3, 0.4) is 0 Å². The predicted molar refractivity (Wildman–Crippen MR) is 110 cm³/mol. The monoisotopic (exact) mass is 419 g/mol. The van der Waals surface area contributed by atoms with Crippen LogP contribution in [0.15, 0.2) is 36.4 Å². The third-order valence-corrected chi connectivity index (χ3v) is 6.93. The second-order valence-electron chi connectivity index (χ2n) is 7.38. The third kappa shape index (κ3) is 5.06. The Kier molecular flexibility index (Phi) is 6.12. The Balaban J connectivity index is 1.62. The third-order valence-electron chi connectivity index (χ3n) is 5.17. The lowest BCUT2D eigenvalue weighted by atomic mass is 9.98. The van der Waals surface area contributed by atoms with E-state index in [1.54, 1.807) is 14.0 Å². The molecule has 1 amide bonds. The Hall–Kier alpha value is -2.61. The van der Waals surface area contributed by atoms with Crippen molar-refractivity contribution < 1.29 is 27.5 Å². The van der Waals surface area contributed by atoms with E-state index in [1.807, 2.05) is 36.4 Å². The van der Waals surface area contributed by atoms with E-state index in [1.165, 1.54) is 6.92 Å². The number of fused-ring (bicyclic) bond motifs is 1. The van der Waals surface area contributed by atoms with Crippen molar-refractivity contribution in [3.63, 3.8) is 0 Å². The first-order valence-corrected chi connectivity index (χ1v) is 11.3. The van der Waals surface area contributed by atoms with Crippen molar-refractivity contribution in [3.05, 3.63) is 42.0 Å². The Morgan fingerprint density at radius 2 is 1.79 bits per heavy atom. The smallest absolute Gasteiger partial charge is 0.313 e. The van der Waals surface area contributed by atoms with Gasteiger partial charge in [-0.2, -0.15) is 0 Å². The number of benzene rings is 2. The molecule has 2 aromatic carbocycles. The Bertz CT molecular complexity index is 1030. The van der Waals surface area contributed by atoms with Crippen molar-refractivity contribution in [1.82, 2.24) is 5.32 Å². The van der Waals surface area contributed by atoms with Gasteiger partial charge in [0.2, 0.25) is 0 Å². The molecule has 1 aliphatic heterocycles. The van der Waals surface area contributed by atoms with Gasteiger partial charge in [0.1, 0.15) is 5.75 Å². The summed E-state index contributed by atoms with van der Waals surface area (Å²) in [7, 11) is -1.48. The van der Waals surface area contributed by atoms with Crippen LogP contribution in [0.25, 0.3) is 10.8 Å². The maximum atomic E-state index is 12.5. The summed E-state index contributed by atoms with van der Waals surface area (Å²) >= 11 is 0. The Morgan fingerprint density at radius 1 is 1.10 bits per heavy atom. The number of carbonyl (C=O) groups is 2. The van der Waals surface area contributed by atoms with Crippen molar-refractivity contribution in [2.75, 3.05) is 18.6 Å². The van der Waals surface area contributed by atoms with Crippen LogP contribution < -0.4 is 10.1 Å². The zero-order valence-electron chi connectivity index (χ0n) is 16.7. The van der Waals surface area contributed by atoms with Gasteiger partial charge >= 0.3 is 5.97 Å². The van der Waals surface area contributed by atoms with Gasteiger partial charge < -0.3 is 14.8 Å².